The second kappa shape index (κ2) is 5.78. The molecule has 92 valence electrons. The third-order valence-electron chi connectivity index (χ3n) is 2.37. The van der Waals surface area contributed by atoms with Crippen LogP contribution in [0.1, 0.15) is 25.2 Å². The lowest BCUT2D eigenvalue weighted by Crippen LogP contribution is -1.95. The highest BCUT2D eigenvalue weighted by Crippen LogP contribution is 2.38. The maximum Gasteiger partial charge on any atom is 0.258 e. The highest BCUT2D eigenvalue weighted by Gasteiger charge is 2.20. The van der Waals surface area contributed by atoms with Gasteiger partial charge in [0.1, 0.15) is 0 Å². The molecule has 0 saturated heterocycles. The fraction of sp³-hybridized carbons (Fsp3) is 0.417. The molecule has 2 rings (SSSR count). The van der Waals surface area contributed by atoms with E-state index in [-0.39, 0.29) is 0 Å². The van der Waals surface area contributed by atoms with E-state index in [2.05, 4.69) is 40.2 Å². The average molecular weight is 316 g/mol. The van der Waals surface area contributed by atoms with Crippen LogP contribution in [-0.2, 0) is 5.33 Å². The van der Waals surface area contributed by atoms with E-state index >= 15 is 0 Å². The molecule has 2 heterocycles. The number of ether oxygens (including phenoxy) is 1. The molecule has 0 aromatic carbocycles. The molecule has 0 N–H and O–H groups in total. The number of rotatable bonds is 4. The minimum atomic E-state index is 0.590. The van der Waals surface area contributed by atoms with Crippen molar-refractivity contribution in [2.45, 2.75) is 19.2 Å². The van der Waals surface area contributed by atoms with E-state index in [1.54, 1.807) is 11.8 Å². The lowest BCUT2D eigenvalue weighted by molar-refractivity contribution is 0.293. The second-order valence-electron chi connectivity index (χ2n) is 3.69. The molecule has 0 radical (unpaired) electrons. The Morgan fingerprint density at radius 1 is 1.53 bits per heavy atom. The summed E-state index contributed by atoms with van der Waals surface area (Å²) in [4.78, 5) is 1.11. The van der Waals surface area contributed by atoms with E-state index in [4.69, 9.17) is 9.26 Å². The van der Waals surface area contributed by atoms with Gasteiger partial charge in [0.2, 0.25) is 0 Å². The summed E-state index contributed by atoms with van der Waals surface area (Å²) in [5.74, 6) is 2.41. The third kappa shape index (κ3) is 2.77. The zero-order valence-electron chi connectivity index (χ0n) is 9.83. The molecule has 5 heteroatoms. The molecular weight excluding hydrogens is 302 g/mol. The quantitative estimate of drug-likeness (QED) is 0.787. The van der Waals surface area contributed by atoms with E-state index in [0.717, 1.165) is 22.0 Å². The molecule has 1 aliphatic heterocycles. The van der Waals surface area contributed by atoms with E-state index in [1.807, 2.05) is 6.92 Å². The van der Waals surface area contributed by atoms with Crippen LogP contribution in [0.2, 0.25) is 0 Å². The van der Waals surface area contributed by atoms with Crippen LogP contribution in [0.25, 0.3) is 4.91 Å². The summed E-state index contributed by atoms with van der Waals surface area (Å²) in [5.41, 5.74) is 2.35. The van der Waals surface area contributed by atoms with Crippen molar-refractivity contribution in [3.05, 3.63) is 29.0 Å². The number of hydrogen-bond donors (Lipinski definition) is 0. The first-order valence-corrected chi connectivity index (χ1v) is 7.55. The molecule has 0 spiro atoms. The molecule has 1 aromatic rings. The molecule has 1 aromatic heterocycles. The van der Waals surface area contributed by atoms with Gasteiger partial charge in [0.25, 0.3) is 5.88 Å². The Kier molecular flexibility index (Phi) is 4.34. The molecular formula is C12H14BrNO2S. The smallest absolute Gasteiger partial charge is 0.258 e. The van der Waals surface area contributed by atoms with E-state index in [9.17, 15) is 0 Å². The van der Waals surface area contributed by atoms with Crippen molar-refractivity contribution in [1.29, 1.82) is 0 Å². The Morgan fingerprint density at radius 3 is 2.94 bits per heavy atom. The minimum absolute atomic E-state index is 0.590. The monoisotopic (exact) mass is 315 g/mol. The number of aromatic nitrogens is 1. The molecule has 1 aliphatic rings. The van der Waals surface area contributed by atoms with Gasteiger partial charge in [-0.2, -0.15) is 0 Å². The molecule has 0 saturated carbocycles. The zero-order chi connectivity index (χ0) is 12.3. The summed E-state index contributed by atoms with van der Waals surface area (Å²) >= 11 is 5.22. The Labute approximate surface area is 113 Å². The zero-order valence-corrected chi connectivity index (χ0v) is 12.2. The van der Waals surface area contributed by atoms with Crippen molar-refractivity contribution in [3.63, 3.8) is 0 Å². The predicted molar refractivity (Wildman–Crippen MR) is 74.5 cm³/mol. The number of allylic oxidation sites excluding steroid dienone is 2. The lowest BCUT2D eigenvalue weighted by Gasteiger charge is -2.09. The van der Waals surface area contributed by atoms with Gasteiger partial charge in [-0.3, -0.25) is 0 Å². The van der Waals surface area contributed by atoms with E-state index in [1.165, 1.54) is 5.57 Å². The number of thioether (sulfide) groups is 1. The van der Waals surface area contributed by atoms with Crippen molar-refractivity contribution in [1.82, 2.24) is 5.16 Å². The van der Waals surface area contributed by atoms with Crippen LogP contribution in [0.15, 0.2) is 22.2 Å². The van der Waals surface area contributed by atoms with Gasteiger partial charge in [0.15, 0.2) is 5.76 Å². The first-order valence-electron chi connectivity index (χ1n) is 5.44. The van der Waals surface area contributed by atoms with Crippen LogP contribution < -0.4 is 4.74 Å². The molecule has 0 fully saturated rings. The molecule has 0 amide bonds. The first-order chi connectivity index (χ1) is 8.26. The Bertz CT molecular complexity index is 465. The van der Waals surface area contributed by atoms with Gasteiger partial charge in [0, 0.05) is 11.1 Å². The molecule has 0 aliphatic carbocycles. The summed E-state index contributed by atoms with van der Waals surface area (Å²) in [7, 11) is 0. The van der Waals surface area contributed by atoms with Crippen LogP contribution in [0.4, 0.5) is 0 Å². The first kappa shape index (κ1) is 12.8. The molecule has 0 bridgehead atoms. The summed E-state index contributed by atoms with van der Waals surface area (Å²) in [6, 6.07) is 0. The maximum atomic E-state index is 5.43. The largest absolute Gasteiger partial charge is 0.476 e. The maximum absolute atomic E-state index is 5.43. The molecule has 0 atom stereocenters. The number of hydrogen-bond acceptors (Lipinski definition) is 4. The number of halogens is 1. The van der Waals surface area contributed by atoms with Crippen molar-refractivity contribution in [3.8, 4) is 5.88 Å². The topological polar surface area (TPSA) is 35.3 Å². The average Bonchev–Trinajstić information content (AvgIpc) is 2.73. The van der Waals surface area contributed by atoms with Gasteiger partial charge in [-0.15, -0.1) is 11.8 Å². The second-order valence-corrected chi connectivity index (χ2v) is 5.27. The van der Waals surface area contributed by atoms with Gasteiger partial charge in [-0.1, -0.05) is 27.6 Å². The fourth-order valence-electron chi connectivity index (χ4n) is 1.50. The van der Waals surface area contributed by atoms with Gasteiger partial charge in [-0.05, 0) is 25.1 Å². The standard InChI is InChI=1S/C12H14BrNO2S/c1-3-15-12-9(6-13)11(16-14-12)10-5-4-8(2)7-17-10/h4-5H,3,6-7H2,1-2H3. The van der Waals surface area contributed by atoms with E-state index < -0.39 is 0 Å². The summed E-state index contributed by atoms with van der Waals surface area (Å²) < 4.78 is 10.8. The Balaban J connectivity index is 2.32. The lowest BCUT2D eigenvalue weighted by atomic mass is 10.2. The summed E-state index contributed by atoms with van der Waals surface area (Å²) in [6.07, 6.45) is 4.19. The SMILES string of the molecule is CCOc1noc(C2=CC=C(C)CS2)c1CBr. The number of nitrogens with zero attached hydrogens (tertiary/aromatic N) is 1. The van der Waals surface area contributed by atoms with Crippen LogP contribution in [0.3, 0.4) is 0 Å². The normalized spacial score (nSPS) is 15.5. The van der Waals surface area contributed by atoms with Gasteiger partial charge in [0.05, 0.1) is 17.1 Å². The predicted octanol–water partition coefficient (Wildman–Crippen LogP) is 4.00. The third-order valence-corrected chi connectivity index (χ3v) is 4.16. The fourth-order valence-corrected chi connectivity index (χ4v) is 2.93. The van der Waals surface area contributed by atoms with Crippen molar-refractivity contribution < 1.29 is 9.26 Å². The highest BCUT2D eigenvalue weighted by molar-refractivity contribution is 9.08. The molecule has 0 unspecified atom stereocenters. The van der Waals surface area contributed by atoms with Gasteiger partial charge in [-0.25, -0.2) is 0 Å². The number of alkyl halides is 1. The van der Waals surface area contributed by atoms with Crippen molar-refractivity contribution in [2.24, 2.45) is 0 Å². The van der Waals surface area contributed by atoms with E-state index in [0.29, 0.717) is 17.8 Å². The van der Waals surface area contributed by atoms with Crippen LogP contribution in [0.5, 0.6) is 5.88 Å². The van der Waals surface area contributed by atoms with Crippen LogP contribution in [0, 0.1) is 0 Å². The summed E-state index contributed by atoms with van der Waals surface area (Å²) in [5, 5.41) is 4.65. The Hall–Kier alpha value is -0.680. The highest BCUT2D eigenvalue weighted by atomic mass is 79.9. The molecule has 3 nitrogen and oxygen atoms in total. The molecule has 17 heavy (non-hydrogen) atoms. The van der Waals surface area contributed by atoms with Gasteiger partial charge >= 0.3 is 0 Å². The van der Waals surface area contributed by atoms with Gasteiger partial charge < -0.3 is 9.26 Å². The Morgan fingerprint density at radius 2 is 2.35 bits per heavy atom. The minimum Gasteiger partial charge on any atom is -0.476 e. The van der Waals surface area contributed by atoms with Crippen LogP contribution >= 0.6 is 27.7 Å². The van der Waals surface area contributed by atoms with Crippen LogP contribution in [-0.4, -0.2) is 17.5 Å². The van der Waals surface area contributed by atoms with Crippen molar-refractivity contribution in [2.75, 3.05) is 12.4 Å². The van der Waals surface area contributed by atoms with Crippen molar-refractivity contribution >= 4 is 32.6 Å². The summed E-state index contributed by atoms with van der Waals surface area (Å²) in [6.45, 7) is 4.65.